The zero-order valence-corrected chi connectivity index (χ0v) is 11.9. The maximum Gasteiger partial charge on any atom is 0.338 e. The third-order valence-electron chi connectivity index (χ3n) is 3.51. The minimum atomic E-state index is -4.01. The highest BCUT2D eigenvalue weighted by Gasteiger charge is 2.28. The molecule has 0 heterocycles. The molecular weight excluding hydrogens is 301 g/mol. The summed E-state index contributed by atoms with van der Waals surface area (Å²) in [4.78, 5) is 10.5. The molecule has 1 saturated carbocycles. The van der Waals surface area contributed by atoms with Gasteiger partial charge in [0.05, 0.1) is 16.6 Å². The van der Waals surface area contributed by atoms with Crippen LogP contribution in [0.5, 0.6) is 0 Å². The molecule has 2 rings (SSSR count). The Kier molecular flexibility index (Phi) is 4.60. The number of halogens is 1. The van der Waals surface area contributed by atoms with E-state index in [0.29, 0.717) is 12.8 Å². The quantitative estimate of drug-likeness (QED) is 0.771. The standard InChI is InChI=1S/C13H16FNO5S/c14-10-6-5-8(7-9(10)13(17)18)21(19,20)15-11-3-1-2-4-12(11)16/h5-7,11-12,15-16H,1-4H2,(H,17,18)/t11-,12-/m0/s1. The van der Waals surface area contributed by atoms with Crippen molar-refractivity contribution in [2.75, 3.05) is 0 Å². The zero-order valence-electron chi connectivity index (χ0n) is 11.1. The molecule has 8 heteroatoms. The van der Waals surface area contributed by atoms with Gasteiger partial charge in [0.1, 0.15) is 5.82 Å². The molecule has 0 saturated heterocycles. The van der Waals surface area contributed by atoms with Gasteiger partial charge >= 0.3 is 5.97 Å². The minimum absolute atomic E-state index is 0.334. The van der Waals surface area contributed by atoms with Crippen LogP contribution in [0.3, 0.4) is 0 Å². The summed E-state index contributed by atoms with van der Waals surface area (Å²) in [5.41, 5.74) is -0.706. The smallest absolute Gasteiger partial charge is 0.338 e. The molecule has 0 bridgehead atoms. The van der Waals surface area contributed by atoms with Crippen LogP contribution in [0.25, 0.3) is 0 Å². The molecule has 1 fully saturated rings. The van der Waals surface area contributed by atoms with Crippen LogP contribution in [0.1, 0.15) is 36.0 Å². The monoisotopic (exact) mass is 317 g/mol. The lowest BCUT2D eigenvalue weighted by atomic mass is 9.93. The Hall–Kier alpha value is -1.51. The highest BCUT2D eigenvalue weighted by atomic mass is 32.2. The van der Waals surface area contributed by atoms with Gasteiger partial charge in [-0.3, -0.25) is 0 Å². The Bertz CT molecular complexity index is 646. The molecular formula is C13H16FNO5S. The summed E-state index contributed by atoms with van der Waals surface area (Å²) >= 11 is 0. The lowest BCUT2D eigenvalue weighted by Crippen LogP contribution is -2.44. The molecule has 1 aromatic carbocycles. The number of aliphatic hydroxyl groups excluding tert-OH is 1. The molecule has 21 heavy (non-hydrogen) atoms. The third-order valence-corrected chi connectivity index (χ3v) is 5.00. The van der Waals surface area contributed by atoms with E-state index in [2.05, 4.69) is 4.72 Å². The lowest BCUT2D eigenvalue weighted by Gasteiger charge is -2.28. The number of hydrogen-bond acceptors (Lipinski definition) is 4. The number of carbonyl (C=O) groups is 1. The van der Waals surface area contributed by atoms with Gasteiger partial charge in [-0.25, -0.2) is 22.3 Å². The van der Waals surface area contributed by atoms with Crippen LogP contribution in [0, 0.1) is 5.82 Å². The number of carboxylic acids is 1. The second-order valence-electron chi connectivity index (χ2n) is 5.03. The molecule has 1 aromatic rings. The molecule has 3 N–H and O–H groups in total. The van der Waals surface area contributed by atoms with Gasteiger partial charge in [-0.2, -0.15) is 0 Å². The number of rotatable bonds is 4. The van der Waals surface area contributed by atoms with E-state index >= 15 is 0 Å². The Labute approximate surface area is 121 Å². The Morgan fingerprint density at radius 1 is 1.29 bits per heavy atom. The summed E-state index contributed by atoms with van der Waals surface area (Å²) in [6.07, 6.45) is 1.88. The van der Waals surface area contributed by atoms with Crippen LogP contribution in [0.4, 0.5) is 4.39 Å². The number of aliphatic hydroxyl groups is 1. The average molecular weight is 317 g/mol. The van der Waals surface area contributed by atoms with Crippen LogP contribution >= 0.6 is 0 Å². The Balaban J connectivity index is 2.27. The number of nitrogens with one attached hydrogen (secondary N) is 1. The van der Waals surface area contributed by atoms with Crippen molar-refractivity contribution in [3.8, 4) is 0 Å². The lowest BCUT2D eigenvalue weighted by molar-refractivity contribution is 0.0691. The summed E-state index contributed by atoms with van der Waals surface area (Å²) in [5.74, 6) is -2.54. The van der Waals surface area contributed by atoms with Gasteiger partial charge in [-0.05, 0) is 31.0 Å². The number of sulfonamides is 1. The summed E-state index contributed by atoms with van der Waals surface area (Å²) in [6, 6.07) is 1.96. The van der Waals surface area contributed by atoms with Crippen molar-refractivity contribution in [1.82, 2.24) is 4.72 Å². The Morgan fingerprint density at radius 3 is 2.57 bits per heavy atom. The fourth-order valence-electron chi connectivity index (χ4n) is 2.35. The molecule has 1 aliphatic rings. The molecule has 0 radical (unpaired) electrons. The molecule has 0 aliphatic heterocycles. The van der Waals surface area contributed by atoms with Crippen LogP contribution in [-0.2, 0) is 10.0 Å². The molecule has 6 nitrogen and oxygen atoms in total. The van der Waals surface area contributed by atoms with E-state index < -0.39 is 39.5 Å². The van der Waals surface area contributed by atoms with Crippen molar-refractivity contribution < 1.29 is 27.8 Å². The van der Waals surface area contributed by atoms with E-state index in [0.717, 1.165) is 31.0 Å². The predicted octanol–water partition coefficient (Wildman–Crippen LogP) is 1.11. The Morgan fingerprint density at radius 2 is 1.95 bits per heavy atom. The van der Waals surface area contributed by atoms with Gasteiger partial charge in [-0.1, -0.05) is 12.8 Å². The predicted molar refractivity (Wildman–Crippen MR) is 71.9 cm³/mol. The molecule has 0 unspecified atom stereocenters. The third kappa shape index (κ3) is 3.58. The number of aromatic carboxylic acids is 1. The zero-order chi connectivity index (χ0) is 15.6. The van der Waals surface area contributed by atoms with Crippen molar-refractivity contribution >= 4 is 16.0 Å². The van der Waals surface area contributed by atoms with Crippen LogP contribution in [0.15, 0.2) is 23.1 Å². The fourth-order valence-corrected chi connectivity index (χ4v) is 3.68. The summed E-state index contributed by atoms with van der Waals surface area (Å²) in [7, 11) is -4.01. The first kappa shape index (κ1) is 15.9. The number of hydrogen-bond donors (Lipinski definition) is 3. The number of benzene rings is 1. The van der Waals surface area contributed by atoms with Crippen molar-refractivity contribution in [3.05, 3.63) is 29.6 Å². The molecule has 1 aliphatic carbocycles. The minimum Gasteiger partial charge on any atom is -0.478 e. The van der Waals surface area contributed by atoms with Crippen LogP contribution in [-0.4, -0.2) is 36.7 Å². The second kappa shape index (κ2) is 6.08. The first-order valence-corrected chi connectivity index (χ1v) is 8.03. The molecule has 116 valence electrons. The van der Waals surface area contributed by atoms with Gasteiger partial charge in [0.2, 0.25) is 10.0 Å². The fraction of sp³-hybridized carbons (Fsp3) is 0.462. The molecule has 0 aromatic heterocycles. The second-order valence-corrected chi connectivity index (χ2v) is 6.74. The first-order valence-electron chi connectivity index (χ1n) is 6.54. The molecule has 0 spiro atoms. The van der Waals surface area contributed by atoms with Crippen LogP contribution in [0.2, 0.25) is 0 Å². The van der Waals surface area contributed by atoms with E-state index in [9.17, 15) is 22.7 Å². The van der Waals surface area contributed by atoms with Crippen LogP contribution < -0.4 is 4.72 Å². The van der Waals surface area contributed by atoms with E-state index in [1.807, 2.05) is 0 Å². The van der Waals surface area contributed by atoms with E-state index in [1.54, 1.807) is 0 Å². The van der Waals surface area contributed by atoms with Crippen molar-refractivity contribution in [3.63, 3.8) is 0 Å². The highest BCUT2D eigenvalue weighted by Crippen LogP contribution is 2.21. The van der Waals surface area contributed by atoms with Crippen molar-refractivity contribution in [2.45, 2.75) is 42.7 Å². The molecule has 0 amide bonds. The van der Waals surface area contributed by atoms with Gasteiger partial charge in [-0.15, -0.1) is 0 Å². The summed E-state index contributed by atoms with van der Waals surface area (Å²) < 4.78 is 40.0. The first-order chi connectivity index (χ1) is 9.81. The number of carboxylic acid groups (broad SMARTS) is 1. The van der Waals surface area contributed by atoms with E-state index in [4.69, 9.17) is 5.11 Å². The SMILES string of the molecule is O=C(O)c1cc(S(=O)(=O)N[C@H]2CCCC[C@@H]2O)ccc1F. The van der Waals surface area contributed by atoms with Gasteiger partial charge in [0, 0.05) is 6.04 Å². The topological polar surface area (TPSA) is 104 Å². The summed E-state index contributed by atoms with van der Waals surface area (Å²) in [6.45, 7) is 0. The van der Waals surface area contributed by atoms with E-state index in [-0.39, 0.29) is 4.90 Å². The van der Waals surface area contributed by atoms with Gasteiger partial charge < -0.3 is 10.2 Å². The van der Waals surface area contributed by atoms with Crippen molar-refractivity contribution in [2.24, 2.45) is 0 Å². The molecule has 2 atom stereocenters. The van der Waals surface area contributed by atoms with Gasteiger partial charge in [0.25, 0.3) is 0 Å². The average Bonchev–Trinajstić information content (AvgIpc) is 2.41. The maximum atomic E-state index is 13.3. The largest absolute Gasteiger partial charge is 0.478 e. The highest BCUT2D eigenvalue weighted by molar-refractivity contribution is 7.89. The summed E-state index contributed by atoms with van der Waals surface area (Å²) in [5, 5.41) is 18.6. The van der Waals surface area contributed by atoms with Crippen molar-refractivity contribution in [1.29, 1.82) is 0 Å². The normalized spacial score (nSPS) is 23.0. The maximum absolute atomic E-state index is 13.3. The van der Waals surface area contributed by atoms with E-state index in [1.165, 1.54) is 0 Å². The van der Waals surface area contributed by atoms with Gasteiger partial charge in [0.15, 0.2) is 0 Å².